The van der Waals surface area contributed by atoms with Crippen LogP contribution in [0.25, 0.3) is 0 Å². The Morgan fingerprint density at radius 2 is 1.95 bits per heavy atom. The minimum absolute atomic E-state index is 0.0404. The Morgan fingerprint density at radius 1 is 1.32 bits per heavy atom. The van der Waals surface area contributed by atoms with Crippen molar-refractivity contribution < 1.29 is 9.59 Å². The zero-order valence-corrected chi connectivity index (χ0v) is 12.2. The Kier molecular flexibility index (Phi) is 5.83. The fourth-order valence-electron chi connectivity index (χ4n) is 1.67. The van der Waals surface area contributed by atoms with Gasteiger partial charge in [0.05, 0.1) is 17.1 Å². The van der Waals surface area contributed by atoms with Gasteiger partial charge in [-0.05, 0) is 32.9 Å². The van der Waals surface area contributed by atoms with Gasteiger partial charge in [-0.25, -0.2) is 0 Å². The van der Waals surface area contributed by atoms with Gasteiger partial charge in [0.25, 0.3) is 5.91 Å². The van der Waals surface area contributed by atoms with E-state index in [1.165, 1.54) is 4.90 Å². The largest absolute Gasteiger partial charge is 0.352 e. The summed E-state index contributed by atoms with van der Waals surface area (Å²) >= 11 is 5.99. The van der Waals surface area contributed by atoms with E-state index in [0.29, 0.717) is 17.1 Å². The van der Waals surface area contributed by atoms with E-state index < -0.39 is 0 Å². The molecule has 1 aromatic carbocycles. The van der Waals surface area contributed by atoms with Gasteiger partial charge >= 0.3 is 0 Å². The first kappa shape index (κ1) is 15.5. The van der Waals surface area contributed by atoms with Gasteiger partial charge in [0.1, 0.15) is 0 Å². The zero-order chi connectivity index (χ0) is 14.4. The zero-order valence-electron chi connectivity index (χ0n) is 11.4. The lowest BCUT2D eigenvalue weighted by Crippen LogP contribution is -2.42. The van der Waals surface area contributed by atoms with E-state index in [2.05, 4.69) is 5.32 Å². The molecule has 4 nitrogen and oxygen atoms in total. The maximum absolute atomic E-state index is 12.3. The Hall–Kier alpha value is -1.55. The highest BCUT2D eigenvalue weighted by molar-refractivity contribution is 6.33. The summed E-state index contributed by atoms with van der Waals surface area (Å²) in [6, 6.07) is 6.90. The van der Waals surface area contributed by atoms with Crippen LogP contribution in [-0.4, -0.2) is 35.8 Å². The summed E-state index contributed by atoms with van der Waals surface area (Å²) in [4.78, 5) is 25.5. The molecular formula is C14H19ClN2O2. The van der Waals surface area contributed by atoms with Crippen LogP contribution in [0.1, 0.15) is 31.1 Å². The second-order valence-corrected chi connectivity index (χ2v) is 4.93. The van der Waals surface area contributed by atoms with Gasteiger partial charge in [-0.15, -0.1) is 0 Å². The molecule has 0 saturated heterocycles. The predicted molar refractivity (Wildman–Crippen MR) is 76.3 cm³/mol. The van der Waals surface area contributed by atoms with Crippen molar-refractivity contribution >= 4 is 23.4 Å². The molecule has 19 heavy (non-hydrogen) atoms. The lowest BCUT2D eigenvalue weighted by atomic mass is 10.2. The van der Waals surface area contributed by atoms with Gasteiger partial charge in [-0.3, -0.25) is 9.59 Å². The van der Waals surface area contributed by atoms with Crippen LogP contribution in [0.5, 0.6) is 0 Å². The number of rotatable bonds is 5. The highest BCUT2D eigenvalue weighted by atomic mass is 35.5. The lowest BCUT2D eigenvalue weighted by molar-refractivity contribution is -0.122. The molecule has 0 saturated carbocycles. The summed E-state index contributed by atoms with van der Waals surface area (Å²) in [5.41, 5.74) is 0.420. The minimum Gasteiger partial charge on any atom is -0.352 e. The monoisotopic (exact) mass is 282 g/mol. The molecule has 0 heterocycles. The molecule has 0 aliphatic carbocycles. The molecule has 0 aromatic heterocycles. The molecule has 0 unspecified atom stereocenters. The van der Waals surface area contributed by atoms with Crippen molar-refractivity contribution in [1.82, 2.24) is 10.2 Å². The molecule has 1 rings (SSSR count). The van der Waals surface area contributed by atoms with Gasteiger partial charge in [-0.2, -0.15) is 0 Å². The summed E-state index contributed by atoms with van der Waals surface area (Å²) in [5.74, 6) is -0.399. The van der Waals surface area contributed by atoms with Crippen LogP contribution in [0.15, 0.2) is 24.3 Å². The van der Waals surface area contributed by atoms with Crippen LogP contribution in [0.3, 0.4) is 0 Å². The molecule has 0 atom stereocenters. The Balaban J connectivity index is 2.78. The van der Waals surface area contributed by atoms with Gasteiger partial charge in [-0.1, -0.05) is 23.7 Å². The third-order valence-electron chi connectivity index (χ3n) is 2.56. The highest BCUT2D eigenvalue weighted by Gasteiger charge is 2.19. The fraction of sp³-hybridized carbons (Fsp3) is 0.429. The van der Waals surface area contributed by atoms with E-state index in [1.54, 1.807) is 24.3 Å². The van der Waals surface area contributed by atoms with Crippen molar-refractivity contribution in [3.8, 4) is 0 Å². The summed E-state index contributed by atoms with van der Waals surface area (Å²) in [6.07, 6.45) is 0. The number of carbonyl (C=O) groups is 2. The van der Waals surface area contributed by atoms with Crippen LogP contribution in [0.4, 0.5) is 0 Å². The van der Waals surface area contributed by atoms with Crippen molar-refractivity contribution in [3.05, 3.63) is 34.9 Å². The van der Waals surface area contributed by atoms with E-state index in [4.69, 9.17) is 11.6 Å². The molecule has 5 heteroatoms. The first-order valence-corrected chi connectivity index (χ1v) is 6.66. The van der Waals surface area contributed by atoms with Crippen molar-refractivity contribution in [2.45, 2.75) is 26.8 Å². The number of benzene rings is 1. The summed E-state index contributed by atoms with van der Waals surface area (Å²) < 4.78 is 0. The van der Waals surface area contributed by atoms with Crippen molar-refractivity contribution in [1.29, 1.82) is 0 Å². The molecule has 0 spiro atoms. The van der Waals surface area contributed by atoms with Crippen LogP contribution in [-0.2, 0) is 4.79 Å². The highest BCUT2D eigenvalue weighted by Crippen LogP contribution is 2.16. The number of amides is 2. The second kappa shape index (κ2) is 7.14. The number of nitrogens with one attached hydrogen (secondary N) is 1. The SMILES string of the molecule is CCN(CC(=O)NC(C)C)C(=O)c1ccccc1Cl. The van der Waals surface area contributed by atoms with Crippen molar-refractivity contribution in [2.24, 2.45) is 0 Å². The van der Waals surface area contributed by atoms with E-state index in [1.807, 2.05) is 20.8 Å². The summed E-state index contributed by atoms with van der Waals surface area (Å²) in [5, 5.41) is 3.16. The molecule has 0 bridgehead atoms. The number of hydrogen-bond acceptors (Lipinski definition) is 2. The third kappa shape index (κ3) is 4.56. The number of halogens is 1. The minimum atomic E-state index is -0.230. The van der Waals surface area contributed by atoms with Gasteiger partial charge in [0.2, 0.25) is 5.91 Å². The maximum Gasteiger partial charge on any atom is 0.255 e. The predicted octanol–water partition coefficient (Wildman–Crippen LogP) is 2.33. The first-order chi connectivity index (χ1) is 8.95. The quantitative estimate of drug-likeness (QED) is 0.901. The molecule has 0 aliphatic rings. The lowest BCUT2D eigenvalue weighted by Gasteiger charge is -2.21. The summed E-state index contributed by atoms with van der Waals surface area (Å²) in [7, 11) is 0. The molecule has 0 radical (unpaired) electrons. The molecule has 0 fully saturated rings. The van der Waals surface area contributed by atoms with Crippen molar-refractivity contribution in [2.75, 3.05) is 13.1 Å². The molecule has 1 N–H and O–H groups in total. The maximum atomic E-state index is 12.3. The molecule has 2 amide bonds. The molecule has 104 valence electrons. The van der Waals surface area contributed by atoms with E-state index in [0.717, 1.165) is 0 Å². The second-order valence-electron chi connectivity index (χ2n) is 4.52. The Morgan fingerprint density at radius 3 is 2.47 bits per heavy atom. The fourth-order valence-corrected chi connectivity index (χ4v) is 1.89. The number of hydrogen-bond donors (Lipinski definition) is 1. The Bertz CT molecular complexity index is 461. The van der Waals surface area contributed by atoms with Crippen molar-refractivity contribution in [3.63, 3.8) is 0 Å². The van der Waals surface area contributed by atoms with Gasteiger partial charge < -0.3 is 10.2 Å². The molecular weight excluding hydrogens is 264 g/mol. The van der Waals surface area contributed by atoms with E-state index >= 15 is 0 Å². The van der Waals surface area contributed by atoms with Crippen LogP contribution < -0.4 is 5.32 Å². The third-order valence-corrected chi connectivity index (χ3v) is 2.89. The first-order valence-electron chi connectivity index (χ1n) is 6.28. The number of carbonyl (C=O) groups excluding carboxylic acids is 2. The Labute approximate surface area is 118 Å². The normalized spacial score (nSPS) is 10.4. The number of likely N-dealkylation sites (N-methyl/N-ethyl adjacent to an activating group) is 1. The molecule has 1 aromatic rings. The van der Waals surface area contributed by atoms with E-state index in [-0.39, 0.29) is 24.4 Å². The average Bonchev–Trinajstić information content (AvgIpc) is 2.35. The number of nitrogens with zero attached hydrogens (tertiary/aromatic N) is 1. The van der Waals surface area contributed by atoms with Crippen LogP contribution in [0, 0.1) is 0 Å². The van der Waals surface area contributed by atoms with Gasteiger partial charge in [0.15, 0.2) is 0 Å². The standard InChI is InChI=1S/C14H19ClN2O2/c1-4-17(9-13(18)16-10(2)3)14(19)11-7-5-6-8-12(11)15/h5-8,10H,4,9H2,1-3H3,(H,16,18). The summed E-state index contributed by atoms with van der Waals surface area (Å²) in [6.45, 7) is 6.08. The van der Waals surface area contributed by atoms with Gasteiger partial charge in [0, 0.05) is 12.6 Å². The van der Waals surface area contributed by atoms with E-state index in [9.17, 15) is 9.59 Å². The smallest absolute Gasteiger partial charge is 0.255 e. The van der Waals surface area contributed by atoms with Crippen LogP contribution in [0.2, 0.25) is 5.02 Å². The average molecular weight is 283 g/mol. The topological polar surface area (TPSA) is 49.4 Å². The van der Waals surface area contributed by atoms with Crippen LogP contribution >= 0.6 is 11.6 Å². The molecule has 0 aliphatic heterocycles.